The molecule has 0 aromatic heterocycles. The van der Waals surface area contributed by atoms with E-state index in [1.54, 1.807) is 28.0 Å². The lowest BCUT2D eigenvalue weighted by molar-refractivity contribution is -0.119. The van der Waals surface area contributed by atoms with Crippen molar-refractivity contribution in [3.05, 3.63) is 29.3 Å². The minimum Gasteiger partial charge on any atom is -0.342 e. The van der Waals surface area contributed by atoms with Crippen molar-refractivity contribution in [2.45, 2.75) is 38.1 Å². The first kappa shape index (κ1) is 18.5. The van der Waals surface area contributed by atoms with E-state index in [2.05, 4.69) is 5.32 Å². The summed E-state index contributed by atoms with van der Waals surface area (Å²) >= 11 is 0. The van der Waals surface area contributed by atoms with Gasteiger partial charge in [0.15, 0.2) is 0 Å². The number of urea groups is 1. The number of rotatable bonds is 3. The van der Waals surface area contributed by atoms with Gasteiger partial charge in [-0.05, 0) is 31.0 Å². The number of fused-ring (bicyclic) bond motifs is 1. The van der Waals surface area contributed by atoms with Crippen molar-refractivity contribution in [2.75, 3.05) is 31.5 Å². The number of carbonyl (C=O) groups excluding carboxylic acids is 4. The highest BCUT2D eigenvalue weighted by molar-refractivity contribution is 6.22. The van der Waals surface area contributed by atoms with Crippen LogP contribution < -0.4 is 5.32 Å². The Balaban J connectivity index is 1.46. The number of benzene rings is 1. The summed E-state index contributed by atoms with van der Waals surface area (Å²) in [5.41, 5.74) is 1.26. The zero-order valence-electron chi connectivity index (χ0n) is 15.7. The molecule has 0 spiro atoms. The van der Waals surface area contributed by atoms with Gasteiger partial charge >= 0.3 is 6.03 Å². The van der Waals surface area contributed by atoms with Crippen LogP contribution in [0.3, 0.4) is 0 Å². The van der Waals surface area contributed by atoms with Crippen LogP contribution in [0.5, 0.6) is 0 Å². The lowest BCUT2D eigenvalue weighted by atomic mass is 9.94. The van der Waals surface area contributed by atoms with Crippen LogP contribution in [-0.2, 0) is 4.79 Å². The van der Waals surface area contributed by atoms with Gasteiger partial charge in [0, 0.05) is 37.9 Å². The number of amides is 5. The second-order valence-corrected chi connectivity index (χ2v) is 7.59. The maximum atomic E-state index is 12.9. The second kappa shape index (κ2) is 7.61. The van der Waals surface area contributed by atoms with Crippen molar-refractivity contribution < 1.29 is 19.2 Å². The van der Waals surface area contributed by atoms with E-state index in [1.165, 1.54) is 4.90 Å². The van der Waals surface area contributed by atoms with Crippen LogP contribution in [-0.4, -0.2) is 71.2 Å². The quantitative estimate of drug-likeness (QED) is 0.637. The summed E-state index contributed by atoms with van der Waals surface area (Å²) in [7, 11) is 0. The van der Waals surface area contributed by atoms with E-state index in [0.29, 0.717) is 43.0 Å². The Bertz CT molecular complexity index is 810. The van der Waals surface area contributed by atoms with E-state index in [0.717, 1.165) is 38.5 Å². The van der Waals surface area contributed by atoms with E-state index >= 15 is 0 Å². The topological polar surface area (TPSA) is 90.0 Å². The summed E-state index contributed by atoms with van der Waals surface area (Å²) in [6.45, 7) is 1.93. The van der Waals surface area contributed by atoms with Crippen LogP contribution in [0.25, 0.3) is 0 Å². The highest BCUT2D eigenvalue weighted by Crippen LogP contribution is 2.32. The number of hydrogen-bond donors (Lipinski definition) is 1. The molecule has 1 saturated heterocycles. The smallest absolute Gasteiger partial charge is 0.321 e. The SMILES string of the molecule is O=CN1CCN(C(=O)Nc2ccc3c(c2)C(=O)N(C2CCCCC2)C3=O)CC1. The van der Waals surface area contributed by atoms with Gasteiger partial charge in [-0.1, -0.05) is 19.3 Å². The third-order valence-corrected chi connectivity index (χ3v) is 5.86. The molecule has 2 heterocycles. The van der Waals surface area contributed by atoms with E-state index in [9.17, 15) is 19.2 Å². The number of imide groups is 1. The minimum atomic E-state index is -0.272. The number of carbonyl (C=O) groups is 4. The molecule has 1 aliphatic carbocycles. The first-order valence-corrected chi connectivity index (χ1v) is 9.85. The van der Waals surface area contributed by atoms with E-state index in [4.69, 9.17) is 0 Å². The first-order valence-electron chi connectivity index (χ1n) is 9.85. The fourth-order valence-corrected chi connectivity index (χ4v) is 4.24. The van der Waals surface area contributed by atoms with Crippen molar-refractivity contribution in [3.8, 4) is 0 Å². The maximum Gasteiger partial charge on any atom is 0.321 e. The van der Waals surface area contributed by atoms with E-state index in [-0.39, 0.29) is 23.9 Å². The van der Waals surface area contributed by atoms with Crippen LogP contribution in [0.4, 0.5) is 10.5 Å². The second-order valence-electron chi connectivity index (χ2n) is 7.59. The maximum absolute atomic E-state index is 12.9. The number of anilines is 1. The number of hydrogen-bond acceptors (Lipinski definition) is 4. The van der Waals surface area contributed by atoms with Gasteiger partial charge in [-0.3, -0.25) is 19.3 Å². The standard InChI is InChI=1S/C20H24N4O4/c25-13-22-8-10-23(11-9-22)20(28)21-14-6-7-16-17(12-14)19(27)24(18(16)26)15-4-2-1-3-5-15/h6-7,12-13,15H,1-5,8-11H2,(H,21,28). The predicted octanol–water partition coefficient (Wildman–Crippen LogP) is 1.92. The number of piperazine rings is 1. The van der Waals surface area contributed by atoms with E-state index < -0.39 is 0 Å². The van der Waals surface area contributed by atoms with Crippen molar-refractivity contribution in [2.24, 2.45) is 0 Å². The molecule has 2 aliphatic heterocycles. The fourth-order valence-electron chi connectivity index (χ4n) is 4.24. The molecule has 8 heteroatoms. The molecule has 3 aliphatic rings. The third-order valence-electron chi connectivity index (χ3n) is 5.86. The first-order chi connectivity index (χ1) is 13.6. The molecule has 1 aromatic rings. The molecule has 148 valence electrons. The molecular formula is C20H24N4O4. The van der Waals surface area contributed by atoms with Crippen molar-refractivity contribution in [3.63, 3.8) is 0 Å². The molecule has 4 rings (SSSR count). The molecule has 28 heavy (non-hydrogen) atoms. The highest BCUT2D eigenvalue weighted by atomic mass is 16.2. The third kappa shape index (κ3) is 3.34. The van der Waals surface area contributed by atoms with Crippen molar-refractivity contribution >= 4 is 29.9 Å². The Hall–Kier alpha value is -2.90. The lowest BCUT2D eigenvalue weighted by Gasteiger charge is -2.32. The van der Waals surface area contributed by atoms with Gasteiger partial charge in [-0.2, -0.15) is 0 Å². The predicted molar refractivity (Wildman–Crippen MR) is 102 cm³/mol. The van der Waals surface area contributed by atoms with Gasteiger partial charge in [0.05, 0.1) is 11.1 Å². The van der Waals surface area contributed by atoms with Gasteiger partial charge in [0.2, 0.25) is 6.41 Å². The van der Waals surface area contributed by atoms with Crippen LogP contribution in [0.15, 0.2) is 18.2 Å². The monoisotopic (exact) mass is 384 g/mol. The number of nitrogens with one attached hydrogen (secondary N) is 1. The fraction of sp³-hybridized carbons (Fsp3) is 0.500. The molecule has 5 amide bonds. The normalized spacial score (nSPS) is 20.4. The van der Waals surface area contributed by atoms with Gasteiger partial charge < -0.3 is 15.1 Å². The lowest BCUT2D eigenvalue weighted by Crippen LogP contribution is -2.49. The molecule has 1 N–H and O–H groups in total. The zero-order valence-corrected chi connectivity index (χ0v) is 15.7. The summed E-state index contributed by atoms with van der Waals surface area (Å²) in [6, 6.07) is 4.59. The summed E-state index contributed by atoms with van der Waals surface area (Å²) < 4.78 is 0. The van der Waals surface area contributed by atoms with Crippen LogP contribution in [0.2, 0.25) is 0 Å². The molecule has 0 radical (unpaired) electrons. The average Bonchev–Trinajstić information content (AvgIpc) is 2.98. The van der Waals surface area contributed by atoms with Crippen LogP contribution in [0, 0.1) is 0 Å². The molecule has 1 aromatic carbocycles. The van der Waals surface area contributed by atoms with E-state index in [1.807, 2.05) is 0 Å². The van der Waals surface area contributed by atoms with Gasteiger partial charge in [0.1, 0.15) is 0 Å². The summed E-state index contributed by atoms with van der Waals surface area (Å²) in [4.78, 5) is 53.5. The molecule has 0 bridgehead atoms. The Morgan fingerprint density at radius 1 is 0.964 bits per heavy atom. The molecule has 1 saturated carbocycles. The highest BCUT2D eigenvalue weighted by Gasteiger charge is 2.40. The Morgan fingerprint density at radius 3 is 2.32 bits per heavy atom. The zero-order chi connectivity index (χ0) is 19.7. The van der Waals surface area contributed by atoms with Crippen LogP contribution in [0.1, 0.15) is 52.8 Å². The summed E-state index contributed by atoms with van der Waals surface area (Å²) in [5.74, 6) is -0.489. The Labute approximate surface area is 163 Å². The van der Waals surface area contributed by atoms with Gasteiger partial charge in [-0.15, -0.1) is 0 Å². The molecule has 0 unspecified atom stereocenters. The van der Waals surface area contributed by atoms with Crippen molar-refractivity contribution in [1.82, 2.24) is 14.7 Å². The van der Waals surface area contributed by atoms with Crippen LogP contribution >= 0.6 is 0 Å². The largest absolute Gasteiger partial charge is 0.342 e. The molecule has 0 atom stereocenters. The minimum absolute atomic E-state index is 0.0201. The summed E-state index contributed by atoms with van der Waals surface area (Å²) in [6.07, 6.45) is 5.74. The Morgan fingerprint density at radius 2 is 1.64 bits per heavy atom. The van der Waals surface area contributed by atoms with Gasteiger partial charge in [-0.25, -0.2) is 4.79 Å². The summed E-state index contributed by atoms with van der Waals surface area (Å²) in [5, 5.41) is 2.80. The molecule has 2 fully saturated rings. The number of nitrogens with zero attached hydrogens (tertiary/aromatic N) is 3. The molecule has 8 nitrogen and oxygen atoms in total. The van der Waals surface area contributed by atoms with Crippen molar-refractivity contribution in [1.29, 1.82) is 0 Å². The molecular weight excluding hydrogens is 360 g/mol. The average molecular weight is 384 g/mol. The van der Waals surface area contributed by atoms with Gasteiger partial charge in [0.25, 0.3) is 11.8 Å². The Kier molecular flexibility index (Phi) is 5.02.